The molecule has 1 amide bonds. The summed E-state index contributed by atoms with van der Waals surface area (Å²) in [5.41, 5.74) is -0.215. The molecule has 0 saturated carbocycles. The van der Waals surface area contributed by atoms with Crippen molar-refractivity contribution in [3.63, 3.8) is 0 Å². The van der Waals surface area contributed by atoms with E-state index in [1.165, 1.54) is 38.3 Å². The lowest BCUT2D eigenvalue weighted by Gasteiger charge is -2.19. The van der Waals surface area contributed by atoms with E-state index < -0.39 is 38.9 Å². The maximum Gasteiger partial charge on any atom is 0.227 e. The summed E-state index contributed by atoms with van der Waals surface area (Å²) in [6.45, 7) is 1.53. The molecule has 3 rings (SSSR count). The van der Waals surface area contributed by atoms with Gasteiger partial charge in [0, 0.05) is 17.9 Å². The van der Waals surface area contributed by atoms with Crippen LogP contribution in [0.25, 0.3) is 0 Å². The molecule has 2 atom stereocenters. The molecule has 2 aromatic rings. The molecule has 0 radical (unpaired) electrons. The summed E-state index contributed by atoms with van der Waals surface area (Å²) in [6, 6.07) is 4.79. The summed E-state index contributed by atoms with van der Waals surface area (Å²) in [7, 11) is -1.99. The molecule has 1 aliphatic rings. The maximum atomic E-state index is 12.6. The number of hydrogen-bond donors (Lipinski definition) is 3. The third-order valence-corrected chi connectivity index (χ3v) is 6.06. The highest BCUT2D eigenvalue weighted by atomic mass is 32.2. The molecule has 1 aliphatic heterocycles. The van der Waals surface area contributed by atoms with E-state index in [4.69, 9.17) is 9.15 Å². The van der Waals surface area contributed by atoms with Gasteiger partial charge in [-0.2, -0.15) is 0 Å². The van der Waals surface area contributed by atoms with Gasteiger partial charge in [-0.1, -0.05) is 6.07 Å². The number of carbonyl (C=O) groups excluding carboxylic acids is 1. The third kappa shape index (κ3) is 4.65. The number of hydrogen-bond acceptors (Lipinski definition) is 8. The van der Waals surface area contributed by atoms with Gasteiger partial charge < -0.3 is 24.7 Å². The van der Waals surface area contributed by atoms with E-state index in [1.54, 1.807) is 0 Å². The van der Waals surface area contributed by atoms with Gasteiger partial charge in [0.1, 0.15) is 5.76 Å². The van der Waals surface area contributed by atoms with E-state index in [1.807, 2.05) is 0 Å². The predicted molar refractivity (Wildman–Crippen MR) is 107 cm³/mol. The second kappa shape index (κ2) is 8.23. The number of methoxy groups -OCH3 is 1. The Morgan fingerprint density at radius 1 is 1.33 bits per heavy atom. The van der Waals surface area contributed by atoms with Crippen LogP contribution < -0.4 is 15.5 Å². The standard InChI is InChI=1S/C20H21NO8S/c1-11-7-16(23)19(25)20(29-11)14(12-3-4-15(22)17(8-12)28-2)9-18(24)21-13-5-6-30(26,27)10-13/h3-8,13-14,22,25H,9-10H2,1-2H3,(H,21,24)/t13-,14+/m0/s1. The summed E-state index contributed by atoms with van der Waals surface area (Å²) >= 11 is 0. The van der Waals surface area contributed by atoms with E-state index >= 15 is 0 Å². The monoisotopic (exact) mass is 435 g/mol. The van der Waals surface area contributed by atoms with Crippen LogP contribution in [0.4, 0.5) is 0 Å². The molecule has 10 heteroatoms. The van der Waals surface area contributed by atoms with Crippen LogP contribution in [0.15, 0.2) is 45.0 Å². The summed E-state index contributed by atoms with van der Waals surface area (Å²) in [5.74, 6) is -2.13. The van der Waals surface area contributed by atoms with E-state index in [0.29, 0.717) is 5.56 Å². The van der Waals surface area contributed by atoms with Crippen LogP contribution in [0.1, 0.15) is 29.4 Å². The van der Waals surface area contributed by atoms with Crippen molar-refractivity contribution in [2.24, 2.45) is 0 Å². The predicted octanol–water partition coefficient (Wildman–Crippen LogP) is 1.32. The molecule has 1 aromatic carbocycles. The topological polar surface area (TPSA) is 143 Å². The van der Waals surface area contributed by atoms with Crippen molar-refractivity contribution in [2.45, 2.75) is 25.3 Å². The second-order valence-electron chi connectivity index (χ2n) is 6.95. The fraction of sp³-hybridized carbons (Fsp3) is 0.300. The normalized spacial score (nSPS) is 18.1. The first kappa shape index (κ1) is 21.4. The molecular formula is C20H21NO8S. The van der Waals surface area contributed by atoms with Crippen molar-refractivity contribution in [1.82, 2.24) is 5.32 Å². The van der Waals surface area contributed by atoms with Gasteiger partial charge in [-0.25, -0.2) is 8.42 Å². The van der Waals surface area contributed by atoms with Gasteiger partial charge in [-0.3, -0.25) is 9.59 Å². The SMILES string of the molecule is COc1cc([C@@H](CC(=O)N[C@H]2C=CS(=O)(=O)C2)c2oc(C)cc(=O)c2O)ccc1O. The zero-order valence-electron chi connectivity index (χ0n) is 16.3. The largest absolute Gasteiger partial charge is 0.504 e. The van der Waals surface area contributed by atoms with Crippen molar-refractivity contribution < 1.29 is 32.6 Å². The number of phenols is 1. The number of amides is 1. The first-order chi connectivity index (χ1) is 14.1. The van der Waals surface area contributed by atoms with Crippen LogP contribution >= 0.6 is 0 Å². The smallest absolute Gasteiger partial charge is 0.227 e. The van der Waals surface area contributed by atoms with E-state index in [2.05, 4.69) is 5.32 Å². The lowest BCUT2D eigenvalue weighted by Crippen LogP contribution is -2.36. The van der Waals surface area contributed by atoms with Crippen LogP contribution in [0.3, 0.4) is 0 Å². The van der Waals surface area contributed by atoms with Crippen molar-refractivity contribution in [1.29, 1.82) is 0 Å². The van der Waals surface area contributed by atoms with Gasteiger partial charge >= 0.3 is 0 Å². The molecular weight excluding hydrogens is 414 g/mol. The van der Waals surface area contributed by atoms with Gasteiger partial charge in [0.05, 0.1) is 24.8 Å². The number of nitrogens with one attached hydrogen (secondary N) is 1. The molecule has 0 spiro atoms. The molecule has 2 heterocycles. The number of ether oxygens (including phenoxy) is 1. The highest BCUT2D eigenvalue weighted by Crippen LogP contribution is 2.37. The minimum atomic E-state index is -3.35. The number of carbonyl (C=O) groups is 1. The average molecular weight is 435 g/mol. The minimum Gasteiger partial charge on any atom is -0.504 e. The third-order valence-electron chi connectivity index (χ3n) is 4.66. The number of aryl methyl sites for hydroxylation is 1. The summed E-state index contributed by atoms with van der Waals surface area (Å²) in [6.07, 6.45) is 1.13. The Balaban J connectivity index is 1.97. The molecule has 0 saturated heterocycles. The van der Waals surface area contributed by atoms with Crippen LogP contribution in [-0.4, -0.2) is 43.4 Å². The van der Waals surface area contributed by atoms with Gasteiger partial charge in [-0.15, -0.1) is 0 Å². The lowest BCUT2D eigenvalue weighted by molar-refractivity contribution is -0.121. The Morgan fingerprint density at radius 3 is 2.70 bits per heavy atom. The Labute approximate surface area is 172 Å². The molecule has 0 fully saturated rings. The number of aromatic hydroxyl groups is 2. The highest BCUT2D eigenvalue weighted by molar-refractivity contribution is 7.94. The van der Waals surface area contributed by atoms with Crippen molar-refractivity contribution in [2.75, 3.05) is 12.9 Å². The van der Waals surface area contributed by atoms with Crippen LogP contribution in [0.5, 0.6) is 17.2 Å². The number of phenolic OH excluding ortho intramolecular Hbond substituents is 1. The van der Waals surface area contributed by atoms with E-state index in [0.717, 1.165) is 11.5 Å². The van der Waals surface area contributed by atoms with Crippen LogP contribution in [0.2, 0.25) is 0 Å². The molecule has 9 nitrogen and oxygen atoms in total. The van der Waals surface area contributed by atoms with Crippen LogP contribution in [0, 0.1) is 6.92 Å². The fourth-order valence-electron chi connectivity index (χ4n) is 3.25. The molecule has 0 aliphatic carbocycles. The average Bonchev–Trinajstić information content (AvgIpc) is 3.01. The summed E-state index contributed by atoms with van der Waals surface area (Å²) in [5, 5.41) is 23.8. The fourth-order valence-corrected chi connectivity index (χ4v) is 4.49. The Morgan fingerprint density at radius 2 is 2.07 bits per heavy atom. The summed E-state index contributed by atoms with van der Waals surface area (Å²) < 4.78 is 33.8. The lowest BCUT2D eigenvalue weighted by atomic mass is 9.91. The molecule has 1 aromatic heterocycles. The van der Waals surface area contributed by atoms with Crippen molar-refractivity contribution in [3.8, 4) is 17.2 Å². The minimum absolute atomic E-state index is 0.113. The van der Waals surface area contributed by atoms with Gasteiger partial charge in [0.15, 0.2) is 27.1 Å². The first-order valence-electron chi connectivity index (χ1n) is 9.00. The van der Waals surface area contributed by atoms with Crippen LogP contribution in [-0.2, 0) is 14.6 Å². The highest BCUT2D eigenvalue weighted by Gasteiger charge is 2.29. The molecule has 30 heavy (non-hydrogen) atoms. The summed E-state index contributed by atoms with van der Waals surface area (Å²) in [4.78, 5) is 24.7. The zero-order valence-corrected chi connectivity index (χ0v) is 17.1. The second-order valence-corrected chi connectivity index (χ2v) is 8.89. The zero-order chi connectivity index (χ0) is 22.1. The van der Waals surface area contributed by atoms with Gasteiger partial charge in [0.2, 0.25) is 17.1 Å². The number of sulfone groups is 1. The number of rotatable bonds is 6. The molecule has 3 N–H and O–H groups in total. The quantitative estimate of drug-likeness (QED) is 0.616. The Hall–Kier alpha value is -3.27. The van der Waals surface area contributed by atoms with E-state index in [9.17, 15) is 28.2 Å². The molecule has 0 unspecified atom stereocenters. The van der Waals surface area contributed by atoms with Crippen molar-refractivity contribution in [3.05, 3.63) is 63.1 Å². The molecule has 0 bridgehead atoms. The molecule has 160 valence electrons. The number of benzene rings is 1. The van der Waals surface area contributed by atoms with Gasteiger partial charge in [0.25, 0.3) is 0 Å². The van der Waals surface area contributed by atoms with Gasteiger partial charge in [-0.05, 0) is 30.7 Å². The van der Waals surface area contributed by atoms with E-state index in [-0.39, 0.29) is 35.2 Å². The Kier molecular flexibility index (Phi) is 5.88. The maximum absolute atomic E-state index is 12.6. The van der Waals surface area contributed by atoms with Crippen molar-refractivity contribution >= 4 is 15.7 Å². The Bertz CT molecular complexity index is 1170. The first-order valence-corrected chi connectivity index (χ1v) is 10.7.